The largest absolute Gasteiger partial charge is 0.497 e. The highest BCUT2D eigenvalue weighted by atomic mass is 32.2. The van der Waals surface area contributed by atoms with Crippen LogP contribution in [0.25, 0.3) is 0 Å². The maximum atomic E-state index is 10.8. The molecule has 3 heteroatoms. The molecule has 0 spiro atoms. The molecule has 0 radical (unpaired) electrons. The van der Waals surface area contributed by atoms with Gasteiger partial charge in [0, 0.05) is 22.8 Å². The van der Waals surface area contributed by atoms with Crippen LogP contribution in [0.2, 0.25) is 0 Å². The number of methoxy groups -OCH3 is 1. The summed E-state index contributed by atoms with van der Waals surface area (Å²) in [6, 6.07) is 7.62. The van der Waals surface area contributed by atoms with Crippen molar-refractivity contribution in [3.63, 3.8) is 0 Å². The second kappa shape index (κ2) is 4.26. The fraction of sp³-hybridized carbons (Fsp3) is 0.333. The molecule has 66 valence electrons. The van der Waals surface area contributed by atoms with E-state index in [0.29, 0.717) is 5.75 Å². The molecule has 0 aliphatic heterocycles. The number of benzene rings is 1. The molecule has 2 nitrogen and oxygen atoms in total. The third-order valence-corrected chi connectivity index (χ3v) is 2.27. The van der Waals surface area contributed by atoms with Crippen LogP contribution in [0.1, 0.15) is 5.56 Å². The molecule has 0 aromatic heterocycles. The first-order valence-corrected chi connectivity index (χ1v) is 5.38. The van der Waals surface area contributed by atoms with Gasteiger partial charge in [0.1, 0.15) is 5.75 Å². The second-order valence-electron chi connectivity index (χ2n) is 2.57. The molecule has 0 aliphatic rings. The van der Waals surface area contributed by atoms with Crippen molar-refractivity contribution < 1.29 is 8.95 Å². The van der Waals surface area contributed by atoms with E-state index in [9.17, 15) is 4.21 Å². The standard InChI is InChI=1S/C9H12O2S/c1-11-9-5-3-8(4-6-9)7-12(2)10/h3-6H,7H2,1-2H3/t12-/m1/s1. The predicted molar refractivity (Wildman–Crippen MR) is 50.8 cm³/mol. The lowest BCUT2D eigenvalue weighted by Gasteiger charge is -2.00. The van der Waals surface area contributed by atoms with Crippen LogP contribution in [-0.4, -0.2) is 17.6 Å². The van der Waals surface area contributed by atoms with Crippen molar-refractivity contribution >= 4 is 10.8 Å². The van der Waals surface area contributed by atoms with Gasteiger partial charge in [-0.05, 0) is 17.7 Å². The Balaban J connectivity index is 2.71. The molecule has 0 saturated heterocycles. The minimum Gasteiger partial charge on any atom is -0.497 e. The molecule has 0 unspecified atom stereocenters. The van der Waals surface area contributed by atoms with E-state index in [-0.39, 0.29) is 0 Å². The lowest BCUT2D eigenvalue weighted by atomic mass is 10.2. The summed E-state index contributed by atoms with van der Waals surface area (Å²) >= 11 is 0. The normalized spacial score (nSPS) is 12.5. The van der Waals surface area contributed by atoms with Crippen LogP contribution >= 0.6 is 0 Å². The second-order valence-corrected chi connectivity index (χ2v) is 4.00. The summed E-state index contributed by atoms with van der Waals surface area (Å²) < 4.78 is 15.8. The molecule has 0 aliphatic carbocycles. The third-order valence-electron chi connectivity index (χ3n) is 1.53. The van der Waals surface area contributed by atoms with Gasteiger partial charge in [-0.2, -0.15) is 0 Å². The van der Waals surface area contributed by atoms with Crippen molar-refractivity contribution in [3.05, 3.63) is 29.8 Å². The Morgan fingerprint density at radius 1 is 1.33 bits per heavy atom. The smallest absolute Gasteiger partial charge is 0.118 e. The van der Waals surface area contributed by atoms with Crippen LogP contribution in [0.5, 0.6) is 5.75 Å². The zero-order valence-electron chi connectivity index (χ0n) is 7.24. The van der Waals surface area contributed by atoms with Gasteiger partial charge in [0.2, 0.25) is 0 Å². The third kappa shape index (κ3) is 2.66. The van der Waals surface area contributed by atoms with Gasteiger partial charge in [-0.1, -0.05) is 12.1 Å². The first-order valence-electron chi connectivity index (χ1n) is 3.65. The van der Waals surface area contributed by atoms with Gasteiger partial charge in [0.15, 0.2) is 0 Å². The van der Waals surface area contributed by atoms with E-state index in [0.717, 1.165) is 11.3 Å². The number of hydrogen-bond acceptors (Lipinski definition) is 2. The minimum atomic E-state index is -0.766. The Kier molecular flexibility index (Phi) is 3.29. The minimum absolute atomic E-state index is 0.615. The highest BCUT2D eigenvalue weighted by Crippen LogP contribution is 2.11. The van der Waals surface area contributed by atoms with Crippen molar-refractivity contribution in [2.75, 3.05) is 13.4 Å². The zero-order chi connectivity index (χ0) is 8.97. The van der Waals surface area contributed by atoms with Crippen molar-refractivity contribution in [1.82, 2.24) is 0 Å². The molecule has 1 aromatic rings. The average Bonchev–Trinajstić information content (AvgIpc) is 2.05. The van der Waals surface area contributed by atoms with Gasteiger partial charge in [-0.15, -0.1) is 0 Å². The summed E-state index contributed by atoms with van der Waals surface area (Å²) in [5, 5.41) is 0. The SMILES string of the molecule is COc1ccc(C[S@@](C)=O)cc1. The van der Waals surface area contributed by atoms with E-state index >= 15 is 0 Å². The molecule has 0 amide bonds. The number of rotatable bonds is 3. The zero-order valence-corrected chi connectivity index (χ0v) is 8.06. The number of hydrogen-bond donors (Lipinski definition) is 0. The highest BCUT2D eigenvalue weighted by molar-refractivity contribution is 7.83. The molecular formula is C9H12O2S. The van der Waals surface area contributed by atoms with Crippen LogP contribution in [0.4, 0.5) is 0 Å². The number of ether oxygens (including phenoxy) is 1. The van der Waals surface area contributed by atoms with E-state index < -0.39 is 10.8 Å². The maximum Gasteiger partial charge on any atom is 0.118 e. The quantitative estimate of drug-likeness (QED) is 0.712. The van der Waals surface area contributed by atoms with Crippen molar-refractivity contribution in [3.8, 4) is 5.75 Å². The Hall–Kier alpha value is -0.830. The molecule has 0 saturated carbocycles. The van der Waals surface area contributed by atoms with Crippen LogP contribution in [0.3, 0.4) is 0 Å². The topological polar surface area (TPSA) is 26.3 Å². The summed E-state index contributed by atoms with van der Waals surface area (Å²) in [5.74, 6) is 1.45. The molecular weight excluding hydrogens is 172 g/mol. The summed E-state index contributed by atoms with van der Waals surface area (Å²) in [5.41, 5.74) is 1.08. The molecule has 0 fully saturated rings. The van der Waals surface area contributed by atoms with Gasteiger partial charge in [-0.25, -0.2) is 0 Å². The Morgan fingerprint density at radius 3 is 2.33 bits per heavy atom. The summed E-state index contributed by atoms with van der Waals surface area (Å²) in [7, 11) is 0.866. The van der Waals surface area contributed by atoms with E-state index in [4.69, 9.17) is 4.74 Å². The highest BCUT2D eigenvalue weighted by Gasteiger charge is 1.95. The maximum absolute atomic E-state index is 10.8. The fourth-order valence-corrected chi connectivity index (χ4v) is 1.62. The molecule has 1 rings (SSSR count). The lowest BCUT2D eigenvalue weighted by molar-refractivity contribution is 0.414. The Bertz CT molecular complexity index is 266. The molecule has 1 atom stereocenters. The van der Waals surface area contributed by atoms with Gasteiger partial charge < -0.3 is 4.74 Å². The lowest BCUT2D eigenvalue weighted by Crippen LogP contribution is -1.91. The Morgan fingerprint density at radius 2 is 1.92 bits per heavy atom. The van der Waals surface area contributed by atoms with E-state index in [2.05, 4.69) is 0 Å². The van der Waals surface area contributed by atoms with Crippen LogP contribution in [-0.2, 0) is 16.6 Å². The summed E-state index contributed by atoms with van der Waals surface area (Å²) in [4.78, 5) is 0. The first-order chi connectivity index (χ1) is 5.72. The van der Waals surface area contributed by atoms with Crippen molar-refractivity contribution in [2.45, 2.75) is 5.75 Å². The molecule has 12 heavy (non-hydrogen) atoms. The average molecular weight is 184 g/mol. The first kappa shape index (κ1) is 9.26. The molecule has 0 heterocycles. The van der Waals surface area contributed by atoms with Crippen molar-refractivity contribution in [1.29, 1.82) is 0 Å². The van der Waals surface area contributed by atoms with Crippen LogP contribution in [0, 0.1) is 0 Å². The van der Waals surface area contributed by atoms with Crippen molar-refractivity contribution in [2.24, 2.45) is 0 Å². The van der Waals surface area contributed by atoms with Crippen LogP contribution < -0.4 is 4.74 Å². The summed E-state index contributed by atoms with van der Waals surface area (Å²) in [6.45, 7) is 0. The van der Waals surface area contributed by atoms with Gasteiger partial charge in [-0.3, -0.25) is 4.21 Å². The Labute approximate surface area is 75.0 Å². The van der Waals surface area contributed by atoms with Gasteiger partial charge >= 0.3 is 0 Å². The molecule has 1 aromatic carbocycles. The van der Waals surface area contributed by atoms with E-state index in [1.807, 2.05) is 24.3 Å². The van der Waals surface area contributed by atoms with E-state index in [1.165, 1.54) is 0 Å². The van der Waals surface area contributed by atoms with E-state index in [1.54, 1.807) is 13.4 Å². The fourth-order valence-electron chi connectivity index (χ4n) is 0.956. The van der Waals surface area contributed by atoms with Gasteiger partial charge in [0.05, 0.1) is 7.11 Å². The monoisotopic (exact) mass is 184 g/mol. The predicted octanol–water partition coefficient (Wildman–Crippen LogP) is 1.57. The van der Waals surface area contributed by atoms with Gasteiger partial charge in [0.25, 0.3) is 0 Å². The summed E-state index contributed by atoms with van der Waals surface area (Å²) in [6.07, 6.45) is 1.70. The van der Waals surface area contributed by atoms with Crippen LogP contribution in [0.15, 0.2) is 24.3 Å². The molecule has 0 N–H and O–H groups in total. The molecule has 0 bridgehead atoms.